The summed E-state index contributed by atoms with van der Waals surface area (Å²) in [7, 11) is 0. The molecule has 1 aliphatic heterocycles. The summed E-state index contributed by atoms with van der Waals surface area (Å²) in [6, 6.07) is 27.8. The van der Waals surface area contributed by atoms with E-state index in [-0.39, 0.29) is 0 Å². The van der Waals surface area contributed by atoms with Gasteiger partial charge in [0.25, 0.3) is 0 Å². The number of aryl methyl sites for hydroxylation is 1. The molecule has 4 aromatic rings. The van der Waals surface area contributed by atoms with Crippen LogP contribution in [0.1, 0.15) is 17.5 Å². The highest BCUT2D eigenvalue weighted by molar-refractivity contribution is 7.71. The van der Waals surface area contributed by atoms with Gasteiger partial charge in [0.1, 0.15) is 0 Å². The molecule has 0 N–H and O–H groups in total. The van der Waals surface area contributed by atoms with Crippen LogP contribution in [0.25, 0.3) is 22.3 Å². The van der Waals surface area contributed by atoms with E-state index in [1.54, 1.807) is 0 Å². The molecule has 1 aromatic heterocycles. The standard InChI is InChI=1S/C26H25N3S/c1-20-8-7-11-23(18-20)29-25-13-6-5-12-24(25)28(26(29)30)19-27-16-14-22(15-17-27)21-9-3-2-4-10-21/h2-14,18H,15-17,19H2,1H3. The van der Waals surface area contributed by atoms with E-state index in [0.717, 1.165) is 42.2 Å². The fraction of sp³-hybridized carbons (Fsp3) is 0.192. The second kappa shape index (κ2) is 8.05. The third-order valence-electron chi connectivity index (χ3n) is 5.87. The van der Waals surface area contributed by atoms with Crippen LogP contribution in [0.5, 0.6) is 0 Å². The highest BCUT2D eigenvalue weighted by atomic mass is 32.1. The summed E-state index contributed by atoms with van der Waals surface area (Å²) in [5.41, 5.74) is 7.48. The molecule has 0 unspecified atom stereocenters. The van der Waals surface area contributed by atoms with Gasteiger partial charge in [-0.1, -0.05) is 60.7 Å². The largest absolute Gasteiger partial charge is 0.303 e. The maximum atomic E-state index is 5.97. The molecular formula is C26H25N3S. The van der Waals surface area contributed by atoms with Crippen molar-refractivity contribution in [1.82, 2.24) is 14.0 Å². The molecule has 0 fully saturated rings. The average Bonchev–Trinajstić information content (AvgIpc) is 3.06. The van der Waals surface area contributed by atoms with Crippen molar-refractivity contribution in [3.05, 3.63) is 101 Å². The highest BCUT2D eigenvalue weighted by Gasteiger charge is 2.17. The molecule has 0 amide bonds. The van der Waals surface area contributed by atoms with Crippen LogP contribution in [0.3, 0.4) is 0 Å². The molecule has 4 heteroatoms. The van der Waals surface area contributed by atoms with Gasteiger partial charge >= 0.3 is 0 Å². The number of nitrogens with zero attached hydrogens (tertiary/aromatic N) is 3. The van der Waals surface area contributed by atoms with E-state index >= 15 is 0 Å². The second-order valence-corrected chi connectivity index (χ2v) is 8.30. The zero-order chi connectivity index (χ0) is 20.5. The van der Waals surface area contributed by atoms with Crippen molar-refractivity contribution in [2.45, 2.75) is 20.0 Å². The van der Waals surface area contributed by atoms with Gasteiger partial charge in [-0.25, -0.2) is 0 Å². The van der Waals surface area contributed by atoms with Crippen molar-refractivity contribution in [2.24, 2.45) is 0 Å². The maximum absolute atomic E-state index is 5.97. The van der Waals surface area contributed by atoms with Gasteiger partial charge in [0.2, 0.25) is 0 Å². The Morgan fingerprint density at radius 3 is 2.37 bits per heavy atom. The summed E-state index contributed by atoms with van der Waals surface area (Å²) in [5, 5.41) is 0. The Bertz CT molecular complexity index is 1280. The zero-order valence-electron chi connectivity index (χ0n) is 17.2. The average molecular weight is 412 g/mol. The Kier molecular flexibility index (Phi) is 5.11. The van der Waals surface area contributed by atoms with Crippen molar-refractivity contribution >= 4 is 28.8 Å². The molecule has 30 heavy (non-hydrogen) atoms. The van der Waals surface area contributed by atoms with Crippen molar-refractivity contribution in [3.8, 4) is 5.69 Å². The van der Waals surface area contributed by atoms with Crippen LogP contribution < -0.4 is 0 Å². The third-order valence-corrected chi connectivity index (χ3v) is 6.28. The number of hydrogen-bond acceptors (Lipinski definition) is 2. The van der Waals surface area contributed by atoms with Crippen LogP contribution in [0.15, 0.2) is 84.9 Å². The van der Waals surface area contributed by atoms with Crippen molar-refractivity contribution < 1.29 is 0 Å². The first-order chi connectivity index (χ1) is 14.7. The van der Waals surface area contributed by atoms with Gasteiger partial charge in [0, 0.05) is 18.8 Å². The number of para-hydroxylation sites is 2. The van der Waals surface area contributed by atoms with E-state index in [9.17, 15) is 0 Å². The van der Waals surface area contributed by atoms with Crippen LogP contribution in [0, 0.1) is 11.7 Å². The minimum Gasteiger partial charge on any atom is -0.303 e. The Morgan fingerprint density at radius 1 is 0.867 bits per heavy atom. The number of imidazole rings is 1. The van der Waals surface area contributed by atoms with E-state index in [4.69, 9.17) is 12.2 Å². The molecule has 0 bridgehead atoms. The monoisotopic (exact) mass is 411 g/mol. The van der Waals surface area contributed by atoms with Gasteiger partial charge in [0.15, 0.2) is 4.77 Å². The van der Waals surface area contributed by atoms with Gasteiger partial charge in [0.05, 0.1) is 17.7 Å². The molecule has 150 valence electrons. The van der Waals surface area contributed by atoms with Gasteiger partial charge < -0.3 is 4.57 Å². The van der Waals surface area contributed by atoms with E-state index in [1.165, 1.54) is 22.2 Å². The molecule has 0 aliphatic carbocycles. The van der Waals surface area contributed by atoms with Crippen LogP contribution in [0.4, 0.5) is 0 Å². The SMILES string of the molecule is Cc1cccc(-n2c(=S)n(CN3CC=C(c4ccccc4)CC3)c3ccccc32)c1. The van der Waals surface area contributed by atoms with E-state index < -0.39 is 0 Å². The molecule has 5 rings (SSSR count). The minimum absolute atomic E-state index is 0.802. The number of rotatable bonds is 4. The lowest BCUT2D eigenvalue weighted by atomic mass is 10.00. The Morgan fingerprint density at radius 2 is 1.63 bits per heavy atom. The first-order valence-corrected chi connectivity index (χ1v) is 10.9. The second-order valence-electron chi connectivity index (χ2n) is 7.94. The lowest BCUT2D eigenvalue weighted by Gasteiger charge is -2.27. The van der Waals surface area contributed by atoms with Crippen molar-refractivity contribution in [2.75, 3.05) is 13.1 Å². The predicted octanol–water partition coefficient (Wildman–Crippen LogP) is 6.22. The van der Waals surface area contributed by atoms with Crippen LogP contribution in [-0.4, -0.2) is 27.1 Å². The first-order valence-electron chi connectivity index (χ1n) is 10.4. The maximum Gasteiger partial charge on any atom is 0.186 e. The minimum atomic E-state index is 0.802. The van der Waals surface area contributed by atoms with Crippen LogP contribution in [-0.2, 0) is 6.67 Å². The molecule has 2 heterocycles. The molecule has 0 atom stereocenters. The quantitative estimate of drug-likeness (QED) is 0.370. The molecule has 0 saturated heterocycles. The summed E-state index contributed by atoms with van der Waals surface area (Å²) in [5.74, 6) is 0. The van der Waals surface area contributed by atoms with E-state index in [1.807, 2.05) is 0 Å². The molecule has 0 radical (unpaired) electrons. The van der Waals surface area contributed by atoms with E-state index in [0.29, 0.717) is 0 Å². The third kappa shape index (κ3) is 3.53. The summed E-state index contributed by atoms with van der Waals surface area (Å²) in [4.78, 5) is 2.47. The highest BCUT2D eigenvalue weighted by Crippen LogP contribution is 2.26. The lowest BCUT2D eigenvalue weighted by Crippen LogP contribution is -2.30. The number of benzene rings is 3. The van der Waals surface area contributed by atoms with Gasteiger partial charge in [-0.05, 0) is 66.5 Å². The number of fused-ring (bicyclic) bond motifs is 1. The summed E-state index contributed by atoms with van der Waals surface area (Å²) in [6.07, 6.45) is 3.43. The topological polar surface area (TPSA) is 13.1 Å². The summed E-state index contributed by atoms with van der Waals surface area (Å²) < 4.78 is 5.32. The molecule has 3 nitrogen and oxygen atoms in total. The molecule has 0 saturated carbocycles. The van der Waals surface area contributed by atoms with Gasteiger partial charge in [-0.2, -0.15) is 0 Å². The van der Waals surface area contributed by atoms with Crippen molar-refractivity contribution in [3.63, 3.8) is 0 Å². The Hall–Kier alpha value is -2.95. The van der Waals surface area contributed by atoms with Crippen molar-refractivity contribution in [1.29, 1.82) is 0 Å². The molecule has 1 aliphatic rings. The normalized spacial score (nSPS) is 14.8. The van der Waals surface area contributed by atoms with Gasteiger partial charge in [-0.15, -0.1) is 0 Å². The number of hydrogen-bond donors (Lipinski definition) is 0. The Balaban J connectivity index is 1.48. The summed E-state index contributed by atoms with van der Waals surface area (Å²) in [6.45, 7) is 4.90. The predicted molar refractivity (Wildman–Crippen MR) is 127 cm³/mol. The Labute approximate surface area is 182 Å². The van der Waals surface area contributed by atoms with Crippen LogP contribution in [0.2, 0.25) is 0 Å². The lowest BCUT2D eigenvalue weighted by molar-refractivity contribution is 0.242. The summed E-state index contributed by atoms with van der Waals surface area (Å²) >= 11 is 5.97. The van der Waals surface area contributed by atoms with Crippen LogP contribution >= 0.6 is 12.2 Å². The molecule has 0 spiro atoms. The number of aromatic nitrogens is 2. The van der Waals surface area contributed by atoms with Gasteiger partial charge in [-0.3, -0.25) is 9.47 Å². The molecule has 3 aromatic carbocycles. The first kappa shape index (κ1) is 19.0. The fourth-order valence-electron chi connectivity index (χ4n) is 4.32. The fourth-order valence-corrected chi connectivity index (χ4v) is 4.68. The zero-order valence-corrected chi connectivity index (χ0v) is 18.0. The smallest absolute Gasteiger partial charge is 0.186 e. The van der Waals surface area contributed by atoms with E-state index in [2.05, 4.69) is 106 Å². The molecular weight excluding hydrogens is 386 g/mol.